The fourth-order valence-electron chi connectivity index (χ4n) is 3.29. The van der Waals surface area contributed by atoms with Crippen LogP contribution in [0.15, 0.2) is 17.1 Å². The van der Waals surface area contributed by atoms with E-state index in [1.807, 2.05) is 13.8 Å². The largest absolute Gasteiger partial charge is 0.463 e. The maximum absolute atomic E-state index is 14.4. The van der Waals surface area contributed by atoms with Crippen LogP contribution in [0.5, 0.6) is 0 Å². The van der Waals surface area contributed by atoms with Gasteiger partial charge in [0.2, 0.25) is 12.1 Å². The number of alkyl halides is 2. The van der Waals surface area contributed by atoms with Crippen molar-refractivity contribution in [1.82, 2.24) is 9.55 Å². The lowest BCUT2D eigenvalue weighted by molar-refractivity contribution is -0.154. The number of halogens is 2. The summed E-state index contributed by atoms with van der Waals surface area (Å²) in [5.41, 5.74) is -0.988. The molecule has 8 nitrogen and oxygen atoms in total. The molecule has 1 N–H and O–H groups in total. The lowest BCUT2D eigenvalue weighted by Gasteiger charge is -2.20. The molecule has 1 aliphatic rings. The van der Waals surface area contributed by atoms with Gasteiger partial charge in [0.25, 0.3) is 5.92 Å². The molecule has 2 atom stereocenters. The smallest absolute Gasteiger partial charge is 0.351 e. The third kappa shape index (κ3) is 6.56. The highest BCUT2D eigenvalue weighted by atomic mass is 19.3. The van der Waals surface area contributed by atoms with Crippen molar-refractivity contribution < 1.29 is 27.8 Å². The Balaban J connectivity index is 2.09. The van der Waals surface area contributed by atoms with E-state index in [4.69, 9.17) is 9.47 Å². The summed E-state index contributed by atoms with van der Waals surface area (Å²) < 4.78 is 39.7. The van der Waals surface area contributed by atoms with Gasteiger partial charge in [-0.05, 0) is 18.9 Å². The molecule has 10 heteroatoms. The molecule has 1 aliphatic heterocycles. The number of anilines is 1. The van der Waals surface area contributed by atoms with Gasteiger partial charge in [-0.15, -0.1) is 0 Å². The number of nitrogens with zero attached hydrogens (tertiary/aromatic N) is 2. The number of hydrogen-bond acceptors (Lipinski definition) is 6. The van der Waals surface area contributed by atoms with E-state index in [0.717, 1.165) is 19.0 Å². The Labute approximate surface area is 180 Å². The molecule has 0 bridgehead atoms. The topological polar surface area (TPSA) is 99.5 Å². The lowest BCUT2D eigenvalue weighted by Crippen LogP contribution is -2.35. The van der Waals surface area contributed by atoms with E-state index in [0.29, 0.717) is 23.8 Å². The van der Waals surface area contributed by atoms with Crippen LogP contribution in [0.1, 0.15) is 59.6 Å². The summed E-state index contributed by atoms with van der Waals surface area (Å²) in [6, 6.07) is 1.28. The molecular weight excluding hydrogens is 412 g/mol. The van der Waals surface area contributed by atoms with Gasteiger partial charge in [-0.1, -0.05) is 40.5 Å². The molecule has 1 aromatic heterocycles. The van der Waals surface area contributed by atoms with Crippen LogP contribution in [-0.4, -0.2) is 40.1 Å². The van der Waals surface area contributed by atoms with E-state index < -0.39 is 35.8 Å². The van der Waals surface area contributed by atoms with Gasteiger partial charge in [0.15, 0.2) is 0 Å². The molecule has 0 spiro atoms. The molecule has 1 fully saturated rings. The standard InChI is InChI=1S/C21H30F2N3O5/c1-5-7-14(8-6-2)17(27)24-16-9-10-26(20(29)25-16)19-21(22,23)11-15(31-19)12-30-18(28)13(3)4/h9-11,13-15,19H,5-8,12H2,1-4H3,(H,24,25,27,29)/t15-,19-/m1/s1. The summed E-state index contributed by atoms with van der Waals surface area (Å²) in [6.07, 6.45) is 1.71. The average molecular weight is 442 g/mol. The fraction of sp³-hybridized carbons (Fsp3) is 0.667. The molecule has 1 saturated heterocycles. The Hall–Kier alpha value is -2.36. The van der Waals surface area contributed by atoms with Crippen molar-refractivity contribution in [1.29, 1.82) is 0 Å². The summed E-state index contributed by atoms with van der Waals surface area (Å²) in [6.45, 7) is 6.82. The molecule has 31 heavy (non-hydrogen) atoms. The molecular formula is C21H30F2N3O5. The van der Waals surface area contributed by atoms with Crippen LogP contribution in [0.25, 0.3) is 0 Å². The van der Waals surface area contributed by atoms with E-state index in [1.165, 1.54) is 6.07 Å². The van der Waals surface area contributed by atoms with Crippen molar-refractivity contribution >= 4 is 17.7 Å². The van der Waals surface area contributed by atoms with Crippen molar-refractivity contribution in [3.05, 3.63) is 29.2 Å². The van der Waals surface area contributed by atoms with Crippen LogP contribution in [-0.2, 0) is 19.1 Å². The molecule has 2 heterocycles. The van der Waals surface area contributed by atoms with Gasteiger partial charge < -0.3 is 14.8 Å². The molecule has 0 aliphatic carbocycles. The summed E-state index contributed by atoms with van der Waals surface area (Å²) in [5.74, 6) is -4.87. The average Bonchev–Trinajstić information content (AvgIpc) is 3.00. The van der Waals surface area contributed by atoms with E-state index >= 15 is 0 Å². The first kappa shape index (κ1) is 24.9. The predicted molar refractivity (Wildman–Crippen MR) is 109 cm³/mol. The third-order valence-corrected chi connectivity index (χ3v) is 4.88. The lowest BCUT2D eigenvalue weighted by atomic mass is 9.97. The van der Waals surface area contributed by atoms with E-state index in [1.54, 1.807) is 13.8 Å². The van der Waals surface area contributed by atoms with Crippen LogP contribution >= 0.6 is 0 Å². The monoisotopic (exact) mass is 442 g/mol. The van der Waals surface area contributed by atoms with Gasteiger partial charge in [-0.2, -0.15) is 4.98 Å². The minimum Gasteiger partial charge on any atom is -0.463 e. The highest BCUT2D eigenvalue weighted by Gasteiger charge is 2.52. The van der Waals surface area contributed by atoms with Crippen LogP contribution < -0.4 is 11.0 Å². The zero-order valence-electron chi connectivity index (χ0n) is 18.3. The molecule has 1 radical (unpaired) electrons. The van der Waals surface area contributed by atoms with Crippen LogP contribution in [0.4, 0.5) is 14.6 Å². The fourth-order valence-corrected chi connectivity index (χ4v) is 3.29. The second-order valence-corrected chi connectivity index (χ2v) is 7.92. The highest BCUT2D eigenvalue weighted by molar-refractivity contribution is 5.91. The van der Waals surface area contributed by atoms with E-state index in [9.17, 15) is 23.2 Å². The second kappa shape index (κ2) is 10.8. The summed E-state index contributed by atoms with van der Waals surface area (Å²) >= 11 is 0. The highest BCUT2D eigenvalue weighted by Crippen LogP contribution is 2.41. The molecule has 173 valence electrons. The first-order chi connectivity index (χ1) is 14.6. The maximum Gasteiger partial charge on any atom is 0.351 e. The number of hydrogen-bond donors (Lipinski definition) is 1. The molecule has 0 saturated carbocycles. The third-order valence-electron chi connectivity index (χ3n) is 4.88. The number of carbonyl (C=O) groups is 2. The molecule has 0 aromatic carbocycles. The zero-order chi connectivity index (χ0) is 23.2. The van der Waals surface area contributed by atoms with Crippen LogP contribution in [0, 0.1) is 18.3 Å². The first-order valence-electron chi connectivity index (χ1n) is 10.5. The molecule has 1 aromatic rings. The van der Waals surface area contributed by atoms with Gasteiger partial charge in [0.05, 0.1) is 12.3 Å². The zero-order valence-corrected chi connectivity index (χ0v) is 18.3. The minimum atomic E-state index is -3.47. The normalized spacial score (nSPS) is 20.3. The Morgan fingerprint density at radius 3 is 2.48 bits per heavy atom. The number of aromatic nitrogens is 2. The predicted octanol–water partition coefficient (Wildman–Crippen LogP) is 3.33. The Bertz CT molecular complexity index is 821. The number of rotatable bonds is 10. The molecule has 0 unspecified atom stereocenters. The van der Waals surface area contributed by atoms with Crippen molar-refractivity contribution in [2.45, 2.75) is 71.6 Å². The van der Waals surface area contributed by atoms with Gasteiger partial charge >= 0.3 is 11.7 Å². The minimum absolute atomic E-state index is 0.00355. The molecule has 1 amide bonds. The van der Waals surface area contributed by atoms with Gasteiger partial charge in [0.1, 0.15) is 18.5 Å². The van der Waals surface area contributed by atoms with E-state index in [2.05, 4.69) is 10.3 Å². The van der Waals surface area contributed by atoms with Crippen molar-refractivity contribution in [2.24, 2.45) is 11.8 Å². The van der Waals surface area contributed by atoms with Crippen LogP contribution in [0.2, 0.25) is 0 Å². The van der Waals surface area contributed by atoms with Gasteiger partial charge in [-0.25, -0.2) is 13.6 Å². The number of nitrogens with one attached hydrogen (secondary N) is 1. The number of esters is 1. The summed E-state index contributed by atoms with van der Waals surface area (Å²) in [7, 11) is 0. The van der Waals surface area contributed by atoms with Crippen LogP contribution in [0.3, 0.4) is 0 Å². The number of ether oxygens (including phenoxy) is 2. The summed E-state index contributed by atoms with van der Waals surface area (Å²) in [5, 5.41) is 2.59. The quantitative estimate of drug-likeness (QED) is 0.558. The Kier molecular flexibility index (Phi) is 8.67. The van der Waals surface area contributed by atoms with Crippen molar-refractivity contribution in [2.75, 3.05) is 11.9 Å². The van der Waals surface area contributed by atoms with Gasteiger partial charge in [0, 0.05) is 12.1 Å². The summed E-state index contributed by atoms with van der Waals surface area (Å²) in [4.78, 5) is 40.0. The first-order valence-corrected chi connectivity index (χ1v) is 10.5. The SMILES string of the molecule is CCCC(CCC)C(=O)Nc1ccn([C@@H]2O[C@@H](COC(=O)C(C)C)[CH]C2(F)F)c(=O)n1. The van der Waals surface area contributed by atoms with Gasteiger partial charge in [-0.3, -0.25) is 14.2 Å². The Morgan fingerprint density at radius 2 is 1.94 bits per heavy atom. The van der Waals surface area contributed by atoms with Crippen molar-refractivity contribution in [3.63, 3.8) is 0 Å². The maximum atomic E-state index is 14.4. The number of amides is 1. The molecule has 2 rings (SSSR count). The Morgan fingerprint density at radius 1 is 1.29 bits per heavy atom. The van der Waals surface area contributed by atoms with E-state index in [-0.39, 0.29) is 24.2 Å². The second-order valence-electron chi connectivity index (χ2n) is 7.92. The number of carbonyl (C=O) groups excluding carboxylic acids is 2. The van der Waals surface area contributed by atoms with Crippen molar-refractivity contribution in [3.8, 4) is 0 Å².